The van der Waals surface area contributed by atoms with E-state index in [0.29, 0.717) is 23.7 Å². The highest BCUT2D eigenvalue weighted by atomic mass is 32.2. The van der Waals surface area contributed by atoms with Crippen LogP contribution in [-0.2, 0) is 0 Å². The molecule has 1 heterocycles. The van der Waals surface area contributed by atoms with E-state index in [4.69, 9.17) is 4.74 Å². The summed E-state index contributed by atoms with van der Waals surface area (Å²) >= 11 is 2.01. The Labute approximate surface area is 125 Å². The van der Waals surface area contributed by atoms with E-state index in [0.717, 1.165) is 24.4 Å². The number of hydrogen-bond acceptors (Lipinski definition) is 4. The Morgan fingerprint density at radius 1 is 1.25 bits per heavy atom. The molecule has 0 bridgehead atoms. The molecule has 0 N–H and O–H groups in total. The van der Waals surface area contributed by atoms with Crippen LogP contribution in [0.4, 0.5) is 0 Å². The number of ether oxygens (including phenoxy) is 1. The van der Waals surface area contributed by atoms with Crippen LogP contribution >= 0.6 is 11.8 Å². The van der Waals surface area contributed by atoms with Gasteiger partial charge < -0.3 is 4.74 Å². The molecule has 20 heavy (non-hydrogen) atoms. The predicted octanol–water partition coefficient (Wildman–Crippen LogP) is 3.09. The van der Waals surface area contributed by atoms with Gasteiger partial charge in [-0.05, 0) is 31.2 Å². The van der Waals surface area contributed by atoms with Gasteiger partial charge in [-0.3, -0.25) is 9.69 Å². The standard InChI is InChI=1S/C16H23NO2S/c1-4-19-15-7-5-14(6-8-15)16(18)11-17-9-12(2)20-13(3)10-17/h5-8,12-13H,4,9-11H2,1-3H3. The lowest BCUT2D eigenvalue weighted by Gasteiger charge is -2.34. The molecule has 0 aliphatic carbocycles. The molecule has 1 aromatic carbocycles. The van der Waals surface area contributed by atoms with Gasteiger partial charge in [-0.25, -0.2) is 0 Å². The first kappa shape index (κ1) is 15.4. The number of nitrogens with zero attached hydrogens (tertiary/aromatic N) is 1. The summed E-state index contributed by atoms with van der Waals surface area (Å²) in [6, 6.07) is 7.46. The molecule has 1 saturated heterocycles. The highest BCUT2D eigenvalue weighted by molar-refractivity contribution is 8.00. The van der Waals surface area contributed by atoms with E-state index in [-0.39, 0.29) is 5.78 Å². The van der Waals surface area contributed by atoms with Crippen LogP contribution in [-0.4, -0.2) is 47.4 Å². The maximum Gasteiger partial charge on any atom is 0.176 e. The second kappa shape index (κ2) is 7.14. The van der Waals surface area contributed by atoms with Gasteiger partial charge in [0.1, 0.15) is 5.75 Å². The Morgan fingerprint density at radius 3 is 2.40 bits per heavy atom. The maximum atomic E-state index is 12.3. The second-order valence-electron chi connectivity index (χ2n) is 5.33. The maximum absolute atomic E-state index is 12.3. The molecule has 2 unspecified atom stereocenters. The zero-order valence-electron chi connectivity index (χ0n) is 12.5. The van der Waals surface area contributed by atoms with Crippen LogP contribution in [0.3, 0.4) is 0 Å². The zero-order valence-corrected chi connectivity index (χ0v) is 13.3. The summed E-state index contributed by atoms with van der Waals surface area (Å²) in [5.74, 6) is 1.01. The Bertz CT molecular complexity index is 436. The van der Waals surface area contributed by atoms with Crippen molar-refractivity contribution in [3.63, 3.8) is 0 Å². The fourth-order valence-electron chi connectivity index (χ4n) is 2.61. The largest absolute Gasteiger partial charge is 0.494 e. The summed E-state index contributed by atoms with van der Waals surface area (Å²) < 4.78 is 5.39. The van der Waals surface area contributed by atoms with E-state index < -0.39 is 0 Å². The summed E-state index contributed by atoms with van der Waals surface area (Å²) in [5.41, 5.74) is 0.770. The zero-order chi connectivity index (χ0) is 14.5. The molecule has 1 aromatic rings. The summed E-state index contributed by atoms with van der Waals surface area (Å²) in [7, 11) is 0. The van der Waals surface area contributed by atoms with E-state index in [1.54, 1.807) is 0 Å². The molecule has 0 spiro atoms. The van der Waals surface area contributed by atoms with Gasteiger partial charge in [-0.15, -0.1) is 0 Å². The molecule has 1 fully saturated rings. The van der Waals surface area contributed by atoms with Crippen molar-refractivity contribution in [2.75, 3.05) is 26.2 Å². The first-order valence-electron chi connectivity index (χ1n) is 7.22. The van der Waals surface area contributed by atoms with Gasteiger partial charge >= 0.3 is 0 Å². The minimum absolute atomic E-state index is 0.194. The van der Waals surface area contributed by atoms with Crippen LogP contribution in [0.25, 0.3) is 0 Å². The highest BCUT2D eigenvalue weighted by Gasteiger charge is 2.23. The van der Waals surface area contributed by atoms with Crippen LogP contribution in [0.1, 0.15) is 31.1 Å². The van der Waals surface area contributed by atoms with Crippen molar-refractivity contribution in [3.05, 3.63) is 29.8 Å². The minimum Gasteiger partial charge on any atom is -0.494 e. The third-order valence-electron chi connectivity index (χ3n) is 3.35. The fraction of sp³-hybridized carbons (Fsp3) is 0.562. The van der Waals surface area contributed by atoms with Crippen molar-refractivity contribution in [2.24, 2.45) is 0 Å². The first-order valence-corrected chi connectivity index (χ1v) is 8.16. The number of benzene rings is 1. The predicted molar refractivity (Wildman–Crippen MR) is 84.9 cm³/mol. The topological polar surface area (TPSA) is 29.5 Å². The van der Waals surface area contributed by atoms with Crippen LogP contribution in [0.5, 0.6) is 5.75 Å². The van der Waals surface area contributed by atoms with E-state index in [9.17, 15) is 4.79 Å². The lowest BCUT2D eigenvalue weighted by atomic mass is 10.1. The lowest BCUT2D eigenvalue weighted by molar-refractivity contribution is 0.0930. The molecule has 4 heteroatoms. The number of thioether (sulfide) groups is 1. The normalized spacial score (nSPS) is 23.6. The second-order valence-corrected chi connectivity index (χ2v) is 7.21. The number of ketones is 1. The minimum atomic E-state index is 0.194. The van der Waals surface area contributed by atoms with Crippen molar-refractivity contribution in [1.29, 1.82) is 0 Å². The van der Waals surface area contributed by atoms with Crippen molar-refractivity contribution in [3.8, 4) is 5.75 Å². The number of hydrogen-bond donors (Lipinski definition) is 0. The average Bonchev–Trinajstić information content (AvgIpc) is 2.38. The van der Waals surface area contributed by atoms with Crippen LogP contribution in [0.2, 0.25) is 0 Å². The van der Waals surface area contributed by atoms with Gasteiger partial charge in [-0.1, -0.05) is 13.8 Å². The van der Waals surface area contributed by atoms with E-state index in [1.165, 1.54) is 0 Å². The smallest absolute Gasteiger partial charge is 0.176 e. The molecule has 0 amide bonds. The van der Waals surface area contributed by atoms with E-state index in [2.05, 4.69) is 18.7 Å². The molecular weight excluding hydrogens is 270 g/mol. The molecule has 2 atom stereocenters. The van der Waals surface area contributed by atoms with E-state index in [1.807, 2.05) is 43.0 Å². The molecule has 0 saturated carbocycles. The van der Waals surface area contributed by atoms with Gasteiger partial charge in [0, 0.05) is 29.2 Å². The number of rotatable bonds is 5. The van der Waals surface area contributed by atoms with Crippen LogP contribution in [0, 0.1) is 0 Å². The molecule has 1 aliphatic heterocycles. The molecule has 3 nitrogen and oxygen atoms in total. The molecular formula is C16H23NO2S. The third-order valence-corrected chi connectivity index (χ3v) is 4.58. The van der Waals surface area contributed by atoms with Crippen LogP contribution in [0.15, 0.2) is 24.3 Å². The van der Waals surface area contributed by atoms with Crippen molar-refractivity contribution in [2.45, 2.75) is 31.3 Å². The summed E-state index contributed by atoms with van der Waals surface area (Å²) in [6.07, 6.45) is 0. The van der Waals surface area contributed by atoms with Crippen molar-refractivity contribution >= 4 is 17.5 Å². The van der Waals surface area contributed by atoms with E-state index >= 15 is 0 Å². The highest BCUT2D eigenvalue weighted by Crippen LogP contribution is 2.24. The molecule has 0 aromatic heterocycles. The van der Waals surface area contributed by atoms with Gasteiger partial charge in [0.05, 0.1) is 13.2 Å². The number of Topliss-reactive ketones (excluding diaryl/α,β-unsaturated/α-hetero) is 1. The van der Waals surface area contributed by atoms with Gasteiger partial charge in [0.2, 0.25) is 0 Å². The number of carbonyl (C=O) groups is 1. The molecule has 2 rings (SSSR count). The summed E-state index contributed by atoms with van der Waals surface area (Å²) in [4.78, 5) is 14.6. The monoisotopic (exact) mass is 293 g/mol. The fourth-order valence-corrected chi connectivity index (χ4v) is 4.00. The molecule has 0 radical (unpaired) electrons. The van der Waals surface area contributed by atoms with Gasteiger partial charge in [0.25, 0.3) is 0 Å². The third kappa shape index (κ3) is 4.25. The number of carbonyl (C=O) groups excluding carboxylic acids is 1. The summed E-state index contributed by atoms with van der Waals surface area (Å²) in [5, 5.41) is 1.21. The molecule has 110 valence electrons. The lowest BCUT2D eigenvalue weighted by Crippen LogP contribution is -2.42. The Balaban J connectivity index is 1.93. The van der Waals surface area contributed by atoms with Crippen molar-refractivity contribution < 1.29 is 9.53 Å². The Kier molecular flexibility index (Phi) is 5.49. The van der Waals surface area contributed by atoms with Gasteiger partial charge in [0.15, 0.2) is 5.78 Å². The van der Waals surface area contributed by atoms with Gasteiger partial charge in [-0.2, -0.15) is 11.8 Å². The summed E-state index contributed by atoms with van der Waals surface area (Å²) in [6.45, 7) is 9.58. The quantitative estimate of drug-likeness (QED) is 0.780. The Hall–Kier alpha value is -1.00. The Morgan fingerprint density at radius 2 is 1.85 bits per heavy atom. The average molecular weight is 293 g/mol. The van der Waals surface area contributed by atoms with Crippen molar-refractivity contribution in [1.82, 2.24) is 4.90 Å². The first-order chi connectivity index (χ1) is 9.58. The molecule has 1 aliphatic rings. The van der Waals surface area contributed by atoms with Crippen LogP contribution < -0.4 is 4.74 Å². The SMILES string of the molecule is CCOc1ccc(C(=O)CN2CC(C)SC(C)C2)cc1.